The summed E-state index contributed by atoms with van der Waals surface area (Å²) in [6, 6.07) is 5.51. The number of nitrogens with one attached hydrogen (secondary N) is 2. The molecular weight excluding hydrogens is 248 g/mol. The highest BCUT2D eigenvalue weighted by Crippen LogP contribution is 2.20. The summed E-state index contributed by atoms with van der Waals surface area (Å²) >= 11 is 5.88. The van der Waals surface area contributed by atoms with Gasteiger partial charge in [-0.15, -0.1) is 0 Å². The number of halogens is 1. The van der Waals surface area contributed by atoms with Gasteiger partial charge in [0.15, 0.2) is 0 Å². The average molecular weight is 267 g/mol. The van der Waals surface area contributed by atoms with Crippen molar-refractivity contribution in [3.63, 3.8) is 0 Å². The van der Waals surface area contributed by atoms with Crippen molar-refractivity contribution in [2.45, 2.75) is 26.2 Å². The van der Waals surface area contributed by atoms with Crippen LogP contribution >= 0.6 is 11.6 Å². The maximum absolute atomic E-state index is 11.8. The minimum Gasteiger partial charge on any atom is -0.326 e. The quantitative estimate of drug-likeness (QED) is 0.880. The fourth-order valence-corrected chi connectivity index (χ4v) is 2.50. The molecule has 0 saturated carbocycles. The highest BCUT2D eigenvalue weighted by Gasteiger charge is 2.15. The van der Waals surface area contributed by atoms with Crippen molar-refractivity contribution in [2.24, 2.45) is 5.92 Å². The summed E-state index contributed by atoms with van der Waals surface area (Å²) in [5, 5.41) is 6.95. The maximum Gasteiger partial charge on any atom is 0.224 e. The van der Waals surface area contributed by atoms with E-state index in [0.29, 0.717) is 17.4 Å². The molecule has 1 aliphatic rings. The summed E-state index contributed by atoms with van der Waals surface area (Å²) in [6.45, 7) is 4.08. The van der Waals surface area contributed by atoms with Gasteiger partial charge in [-0.25, -0.2) is 0 Å². The van der Waals surface area contributed by atoms with Crippen molar-refractivity contribution in [2.75, 3.05) is 18.4 Å². The van der Waals surface area contributed by atoms with E-state index < -0.39 is 0 Å². The lowest BCUT2D eigenvalue weighted by Gasteiger charge is -2.10. The maximum atomic E-state index is 11.8. The molecule has 0 aliphatic carbocycles. The molecule has 0 spiro atoms. The number of carbonyl (C=O) groups is 1. The molecule has 1 saturated heterocycles. The lowest BCUT2D eigenvalue weighted by atomic mass is 10.0. The predicted molar refractivity (Wildman–Crippen MR) is 75.0 cm³/mol. The second kappa shape index (κ2) is 6.21. The lowest BCUT2D eigenvalue weighted by Crippen LogP contribution is -2.15. The largest absolute Gasteiger partial charge is 0.326 e. The van der Waals surface area contributed by atoms with E-state index in [9.17, 15) is 4.79 Å². The fraction of sp³-hybridized carbons (Fsp3) is 0.500. The third kappa shape index (κ3) is 3.72. The molecule has 0 radical (unpaired) electrons. The predicted octanol–water partition coefficient (Wildman–Crippen LogP) is 2.98. The first-order valence-corrected chi connectivity index (χ1v) is 6.79. The molecule has 1 fully saturated rings. The van der Waals surface area contributed by atoms with E-state index in [0.717, 1.165) is 30.8 Å². The number of hydrogen-bond donors (Lipinski definition) is 2. The van der Waals surface area contributed by atoms with Gasteiger partial charge in [-0.3, -0.25) is 4.79 Å². The first kappa shape index (κ1) is 13.4. The third-order valence-electron chi connectivity index (χ3n) is 3.40. The Labute approximate surface area is 113 Å². The van der Waals surface area contributed by atoms with Crippen LogP contribution in [0.4, 0.5) is 5.69 Å². The first-order chi connectivity index (χ1) is 8.65. The molecule has 1 aromatic carbocycles. The molecule has 1 unspecified atom stereocenters. The standard InChI is InChI=1S/C14H19ClN2O/c1-10-8-12(15)3-4-13(10)17-14(18)5-2-11-6-7-16-9-11/h3-4,8,11,16H,2,5-7,9H2,1H3,(H,17,18). The monoisotopic (exact) mass is 266 g/mol. The van der Waals surface area contributed by atoms with Gasteiger partial charge >= 0.3 is 0 Å². The van der Waals surface area contributed by atoms with E-state index in [1.54, 1.807) is 6.07 Å². The summed E-state index contributed by atoms with van der Waals surface area (Å²) in [4.78, 5) is 11.8. The Morgan fingerprint density at radius 2 is 2.39 bits per heavy atom. The molecule has 0 aromatic heterocycles. The van der Waals surface area contributed by atoms with Crippen LogP contribution in [0.2, 0.25) is 5.02 Å². The smallest absolute Gasteiger partial charge is 0.224 e. The van der Waals surface area contributed by atoms with Crippen molar-refractivity contribution in [1.82, 2.24) is 5.32 Å². The number of hydrogen-bond acceptors (Lipinski definition) is 2. The third-order valence-corrected chi connectivity index (χ3v) is 3.64. The summed E-state index contributed by atoms with van der Waals surface area (Å²) < 4.78 is 0. The van der Waals surface area contributed by atoms with Gasteiger partial charge in [-0.2, -0.15) is 0 Å². The summed E-state index contributed by atoms with van der Waals surface area (Å²) in [6.07, 6.45) is 2.74. The Hall–Kier alpha value is -1.06. The molecule has 2 rings (SSSR count). The zero-order chi connectivity index (χ0) is 13.0. The van der Waals surface area contributed by atoms with Crippen molar-refractivity contribution < 1.29 is 4.79 Å². The summed E-state index contributed by atoms with van der Waals surface area (Å²) in [5.74, 6) is 0.745. The zero-order valence-electron chi connectivity index (χ0n) is 10.6. The van der Waals surface area contributed by atoms with Crippen LogP contribution in [-0.4, -0.2) is 19.0 Å². The number of rotatable bonds is 4. The topological polar surface area (TPSA) is 41.1 Å². The molecule has 1 amide bonds. The van der Waals surface area contributed by atoms with Gasteiger partial charge in [0.2, 0.25) is 5.91 Å². The Morgan fingerprint density at radius 3 is 3.06 bits per heavy atom. The molecule has 1 aliphatic heterocycles. The minimum absolute atomic E-state index is 0.0901. The second-order valence-corrected chi connectivity index (χ2v) is 5.34. The van der Waals surface area contributed by atoms with Gasteiger partial charge in [0, 0.05) is 17.1 Å². The molecule has 2 N–H and O–H groups in total. The lowest BCUT2D eigenvalue weighted by molar-refractivity contribution is -0.116. The van der Waals surface area contributed by atoms with Gasteiger partial charge in [-0.1, -0.05) is 11.6 Å². The average Bonchev–Trinajstić information content (AvgIpc) is 2.83. The van der Waals surface area contributed by atoms with Gasteiger partial charge in [0.1, 0.15) is 0 Å². The van der Waals surface area contributed by atoms with Crippen molar-refractivity contribution in [1.29, 1.82) is 0 Å². The molecule has 3 nitrogen and oxygen atoms in total. The van der Waals surface area contributed by atoms with E-state index in [4.69, 9.17) is 11.6 Å². The van der Waals surface area contributed by atoms with E-state index in [1.807, 2.05) is 19.1 Å². The Bertz CT molecular complexity index is 428. The Kier molecular flexibility index (Phi) is 4.61. The number of aryl methyl sites for hydroxylation is 1. The van der Waals surface area contributed by atoms with Crippen molar-refractivity contribution in [3.8, 4) is 0 Å². The molecule has 1 heterocycles. The van der Waals surface area contributed by atoms with Crippen LogP contribution in [0.1, 0.15) is 24.8 Å². The molecule has 98 valence electrons. The van der Waals surface area contributed by atoms with E-state index in [1.165, 1.54) is 6.42 Å². The molecule has 0 bridgehead atoms. The number of anilines is 1. The molecule has 1 aromatic rings. The van der Waals surface area contributed by atoms with Crippen LogP contribution in [0, 0.1) is 12.8 Å². The molecule has 18 heavy (non-hydrogen) atoms. The summed E-state index contributed by atoms with van der Waals surface area (Å²) in [5.41, 5.74) is 1.85. The fourth-order valence-electron chi connectivity index (χ4n) is 2.28. The van der Waals surface area contributed by atoms with Gasteiger partial charge in [0.25, 0.3) is 0 Å². The van der Waals surface area contributed by atoms with Crippen LogP contribution in [0.15, 0.2) is 18.2 Å². The number of amides is 1. The molecule has 1 atom stereocenters. The highest BCUT2D eigenvalue weighted by atomic mass is 35.5. The first-order valence-electron chi connectivity index (χ1n) is 6.42. The number of carbonyl (C=O) groups excluding carboxylic acids is 1. The normalized spacial score (nSPS) is 18.9. The zero-order valence-corrected chi connectivity index (χ0v) is 11.4. The van der Waals surface area contributed by atoms with Crippen LogP contribution in [-0.2, 0) is 4.79 Å². The van der Waals surface area contributed by atoms with Gasteiger partial charge < -0.3 is 10.6 Å². The van der Waals surface area contributed by atoms with Crippen LogP contribution in [0.5, 0.6) is 0 Å². The van der Waals surface area contributed by atoms with Gasteiger partial charge in [0.05, 0.1) is 0 Å². The SMILES string of the molecule is Cc1cc(Cl)ccc1NC(=O)CCC1CCNC1. The van der Waals surface area contributed by atoms with Crippen LogP contribution < -0.4 is 10.6 Å². The molecular formula is C14H19ClN2O. The highest BCUT2D eigenvalue weighted by molar-refractivity contribution is 6.30. The van der Waals surface area contributed by atoms with Gasteiger partial charge in [-0.05, 0) is 62.5 Å². The second-order valence-electron chi connectivity index (χ2n) is 4.90. The van der Waals surface area contributed by atoms with E-state index >= 15 is 0 Å². The van der Waals surface area contributed by atoms with Crippen molar-refractivity contribution in [3.05, 3.63) is 28.8 Å². The summed E-state index contributed by atoms with van der Waals surface area (Å²) in [7, 11) is 0. The minimum atomic E-state index is 0.0901. The van der Waals surface area contributed by atoms with Crippen LogP contribution in [0.3, 0.4) is 0 Å². The van der Waals surface area contributed by atoms with Crippen molar-refractivity contribution >= 4 is 23.2 Å². The Morgan fingerprint density at radius 1 is 1.56 bits per heavy atom. The molecule has 4 heteroatoms. The van der Waals surface area contributed by atoms with E-state index in [2.05, 4.69) is 10.6 Å². The number of benzene rings is 1. The Balaban J connectivity index is 1.82. The van der Waals surface area contributed by atoms with Crippen LogP contribution in [0.25, 0.3) is 0 Å². The van der Waals surface area contributed by atoms with E-state index in [-0.39, 0.29) is 5.91 Å².